The molecule has 0 fully saturated rings. The molecule has 0 aliphatic carbocycles. The van der Waals surface area contributed by atoms with Gasteiger partial charge in [0, 0.05) is 15.4 Å². The largest absolute Gasteiger partial charge is 0.388 e. The van der Waals surface area contributed by atoms with Crippen LogP contribution in [0.4, 0.5) is 0 Å². The van der Waals surface area contributed by atoms with Gasteiger partial charge in [-0.3, -0.25) is 0 Å². The van der Waals surface area contributed by atoms with Crippen molar-refractivity contribution in [3.05, 3.63) is 58.1 Å². The van der Waals surface area contributed by atoms with Gasteiger partial charge in [-0.1, -0.05) is 51.3 Å². The monoisotopic (exact) mass is 368 g/mol. The summed E-state index contributed by atoms with van der Waals surface area (Å²) in [5.41, 5.74) is 0.878. The second-order valence-corrected chi connectivity index (χ2v) is 6.21. The maximum absolute atomic E-state index is 10.2. The molecule has 0 amide bonds. The summed E-state index contributed by atoms with van der Waals surface area (Å²) in [5, 5.41) is 16.2. The van der Waals surface area contributed by atoms with Crippen LogP contribution in [-0.2, 0) is 0 Å². The first-order valence-corrected chi connectivity index (χ1v) is 8.03. The Bertz CT molecular complexity index is 801. The SMILES string of the molecule is OC(CBr)c1cc2cc(Cl)ccc2c2cc(Cl)ccc12. The Morgan fingerprint density at radius 3 is 2.25 bits per heavy atom. The van der Waals surface area contributed by atoms with Crippen LogP contribution in [0.3, 0.4) is 0 Å². The van der Waals surface area contributed by atoms with Crippen molar-refractivity contribution in [2.24, 2.45) is 0 Å². The van der Waals surface area contributed by atoms with Crippen LogP contribution in [0, 0.1) is 0 Å². The van der Waals surface area contributed by atoms with Gasteiger partial charge in [-0.15, -0.1) is 0 Å². The Morgan fingerprint density at radius 2 is 1.55 bits per heavy atom. The summed E-state index contributed by atoms with van der Waals surface area (Å²) >= 11 is 15.5. The lowest BCUT2D eigenvalue weighted by molar-refractivity contribution is 0.207. The third-order valence-electron chi connectivity index (χ3n) is 3.41. The molecule has 3 aromatic rings. The quantitative estimate of drug-likeness (QED) is 0.451. The van der Waals surface area contributed by atoms with Crippen molar-refractivity contribution in [1.29, 1.82) is 0 Å². The Hall–Kier alpha value is -0.800. The first-order chi connectivity index (χ1) is 9.60. The second kappa shape index (κ2) is 5.53. The molecule has 0 bridgehead atoms. The third-order valence-corrected chi connectivity index (χ3v) is 4.50. The zero-order valence-corrected chi connectivity index (χ0v) is 13.5. The minimum absolute atomic E-state index is 0.483. The van der Waals surface area contributed by atoms with E-state index < -0.39 is 6.10 Å². The van der Waals surface area contributed by atoms with Crippen molar-refractivity contribution in [3.63, 3.8) is 0 Å². The van der Waals surface area contributed by atoms with Crippen LogP contribution in [0.2, 0.25) is 10.0 Å². The van der Waals surface area contributed by atoms with Gasteiger partial charge in [0.1, 0.15) is 0 Å². The molecule has 0 heterocycles. The molecule has 0 radical (unpaired) electrons. The van der Waals surface area contributed by atoms with Crippen molar-refractivity contribution < 1.29 is 5.11 Å². The van der Waals surface area contributed by atoms with E-state index in [2.05, 4.69) is 15.9 Å². The van der Waals surface area contributed by atoms with Gasteiger partial charge in [0.25, 0.3) is 0 Å². The number of halogens is 3. The zero-order valence-electron chi connectivity index (χ0n) is 10.4. The number of hydrogen-bond acceptors (Lipinski definition) is 1. The number of alkyl halides is 1. The Labute approximate surface area is 135 Å². The third kappa shape index (κ3) is 2.42. The predicted octanol–water partition coefficient (Wildman–Crippen LogP) is 5.73. The molecular formula is C16H11BrCl2O. The van der Waals surface area contributed by atoms with Crippen molar-refractivity contribution in [2.75, 3.05) is 5.33 Å². The highest BCUT2D eigenvalue weighted by atomic mass is 79.9. The van der Waals surface area contributed by atoms with E-state index in [4.69, 9.17) is 23.2 Å². The van der Waals surface area contributed by atoms with Gasteiger partial charge in [-0.2, -0.15) is 0 Å². The minimum Gasteiger partial charge on any atom is -0.388 e. The molecule has 4 heteroatoms. The summed E-state index contributed by atoms with van der Waals surface area (Å²) in [7, 11) is 0. The van der Waals surface area contributed by atoms with E-state index in [1.807, 2.05) is 42.5 Å². The van der Waals surface area contributed by atoms with Crippen molar-refractivity contribution in [1.82, 2.24) is 0 Å². The molecule has 0 spiro atoms. The molecule has 0 aromatic heterocycles. The highest BCUT2D eigenvalue weighted by Gasteiger charge is 2.13. The molecule has 102 valence electrons. The highest BCUT2D eigenvalue weighted by Crippen LogP contribution is 2.35. The Kier molecular flexibility index (Phi) is 3.91. The van der Waals surface area contributed by atoms with Crippen molar-refractivity contribution >= 4 is 60.7 Å². The van der Waals surface area contributed by atoms with E-state index in [-0.39, 0.29) is 0 Å². The van der Waals surface area contributed by atoms with E-state index in [0.29, 0.717) is 15.4 Å². The fourth-order valence-electron chi connectivity index (χ4n) is 2.49. The van der Waals surface area contributed by atoms with E-state index in [9.17, 15) is 5.11 Å². The molecule has 1 atom stereocenters. The molecule has 20 heavy (non-hydrogen) atoms. The molecule has 1 nitrogen and oxygen atoms in total. The average molecular weight is 370 g/mol. The van der Waals surface area contributed by atoms with Crippen LogP contribution in [0.5, 0.6) is 0 Å². The Morgan fingerprint density at radius 1 is 0.900 bits per heavy atom. The molecule has 0 saturated carbocycles. The minimum atomic E-state index is -0.568. The average Bonchev–Trinajstić information content (AvgIpc) is 2.45. The molecular weight excluding hydrogens is 359 g/mol. The first-order valence-electron chi connectivity index (χ1n) is 6.15. The van der Waals surface area contributed by atoms with Crippen LogP contribution in [0.25, 0.3) is 21.5 Å². The van der Waals surface area contributed by atoms with Gasteiger partial charge in [-0.25, -0.2) is 0 Å². The summed E-state index contributed by atoms with van der Waals surface area (Å²) in [6.07, 6.45) is -0.568. The molecule has 0 saturated heterocycles. The van der Waals surface area contributed by atoms with E-state index in [1.165, 1.54) is 0 Å². The normalized spacial score (nSPS) is 13.0. The van der Waals surface area contributed by atoms with E-state index in [0.717, 1.165) is 27.1 Å². The van der Waals surface area contributed by atoms with Crippen molar-refractivity contribution in [2.45, 2.75) is 6.10 Å². The van der Waals surface area contributed by atoms with E-state index in [1.54, 1.807) is 0 Å². The summed E-state index contributed by atoms with van der Waals surface area (Å²) in [5.74, 6) is 0. The lowest BCUT2D eigenvalue weighted by Gasteiger charge is -2.14. The fraction of sp³-hybridized carbons (Fsp3) is 0.125. The summed E-state index contributed by atoms with van der Waals surface area (Å²) < 4.78 is 0. The van der Waals surface area contributed by atoms with Gasteiger partial charge in [0.2, 0.25) is 0 Å². The predicted molar refractivity (Wildman–Crippen MR) is 90.2 cm³/mol. The summed E-state index contributed by atoms with van der Waals surface area (Å²) in [4.78, 5) is 0. The molecule has 3 rings (SSSR count). The summed E-state index contributed by atoms with van der Waals surface area (Å²) in [6, 6.07) is 13.5. The summed E-state index contributed by atoms with van der Waals surface area (Å²) in [6.45, 7) is 0. The van der Waals surface area contributed by atoms with Gasteiger partial charge in [0.05, 0.1) is 6.10 Å². The molecule has 1 unspecified atom stereocenters. The number of hydrogen-bond donors (Lipinski definition) is 1. The van der Waals surface area contributed by atoms with Gasteiger partial charge < -0.3 is 5.11 Å². The topological polar surface area (TPSA) is 20.2 Å². The van der Waals surface area contributed by atoms with Crippen LogP contribution in [0.1, 0.15) is 11.7 Å². The van der Waals surface area contributed by atoms with Gasteiger partial charge in [-0.05, 0) is 57.4 Å². The number of fused-ring (bicyclic) bond motifs is 3. The first kappa shape index (κ1) is 14.2. The van der Waals surface area contributed by atoms with Crippen molar-refractivity contribution in [3.8, 4) is 0 Å². The fourth-order valence-corrected chi connectivity index (χ4v) is 3.19. The highest BCUT2D eigenvalue weighted by molar-refractivity contribution is 9.09. The zero-order chi connectivity index (χ0) is 14.3. The van der Waals surface area contributed by atoms with Gasteiger partial charge in [0.15, 0.2) is 0 Å². The van der Waals surface area contributed by atoms with Crippen LogP contribution in [0.15, 0.2) is 42.5 Å². The van der Waals surface area contributed by atoms with Crippen LogP contribution >= 0.6 is 39.1 Å². The number of rotatable bonds is 2. The number of benzene rings is 3. The molecule has 1 N–H and O–H groups in total. The maximum Gasteiger partial charge on any atom is 0.0893 e. The van der Waals surface area contributed by atoms with Crippen LogP contribution < -0.4 is 0 Å². The van der Waals surface area contributed by atoms with Gasteiger partial charge >= 0.3 is 0 Å². The number of aliphatic hydroxyl groups excluding tert-OH is 1. The maximum atomic E-state index is 10.2. The lowest BCUT2D eigenvalue weighted by atomic mass is 9.95. The smallest absolute Gasteiger partial charge is 0.0893 e. The second-order valence-electron chi connectivity index (χ2n) is 4.69. The van der Waals surface area contributed by atoms with Crippen LogP contribution in [-0.4, -0.2) is 10.4 Å². The Balaban J connectivity index is 2.47. The molecule has 3 aromatic carbocycles. The molecule has 0 aliphatic rings. The standard InChI is InChI=1S/C16H11BrCl2O/c17-8-16(20)15-6-9-5-10(18)1-3-12(9)14-7-11(19)2-4-13(14)15/h1-7,16,20H,8H2. The lowest BCUT2D eigenvalue weighted by Crippen LogP contribution is -1.99. The number of aliphatic hydroxyl groups is 1. The molecule has 0 aliphatic heterocycles. The van der Waals surface area contributed by atoms with E-state index >= 15 is 0 Å².